The van der Waals surface area contributed by atoms with Gasteiger partial charge in [-0.15, -0.1) is 0 Å². The molecule has 0 saturated heterocycles. The van der Waals surface area contributed by atoms with E-state index < -0.39 is 26.4 Å². The minimum absolute atomic E-state index is 0.0339. The van der Waals surface area contributed by atoms with E-state index in [0.29, 0.717) is 9.99 Å². The van der Waals surface area contributed by atoms with Gasteiger partial charge < -0.3 is 9.30 Å². The van der Waals surface area contributed by atoms with Crippen LogP contribution in [-0.4, -0.2) is 36.6 Å². The third-order valence-corrected chi connectivity index (χ3v) is 6.78. The summed E-state index contributed by atoms with van der Waals surface area (Å²) < 4.78 is 43.4. The maximum Gasteiger partial charge on any atom is 0.327 e. The quantitative estimate of drug-likeness (QED) is 0.673. The SMILES string of the molecule is CCOC(=O)[C@@](C)(CCn1ccc2cc(Br)c(F)cc21)S(C)(=O)=O. The molecule has 0 bridgehead atoms. The van der Waals surface area contributed by atoms with Gasteiger partial charge in [-0.2, -0.15) is 0 Å². The van der Waals surface area contributed by atoms with E-state index in [-0.39, 0.29) is 19.6 Å². The highest BCUT2D eigenvalue weighted by atomic mass is 79.9. The molecule has 132 valence electrons. The molecule has 1 aromatic carbocycles. The van der Waals surface area contributed by atoms with Gasteiger partial charge in [0, 0.05) is 24.4 Å². The lowest BCUT2D eigenvalue weighted by Crippen LogP contribution is -2.45. The van der Waals surface area contributed by atoms with Gasteiger partial charge in [0.1, 0.15) is 5.82 Å². The number of hydrogen-bond acceptors (Lipinski definition) is 4. The molecule has 2 aromatic rings. The van der Waals surface area contributed by atoms with E-state index >= 15 is 0 Å². The Hall–Kier alpha value is -1.41. The third kappa shape index (κ3) is 3.49. The zero-order valence-corrected chi connectivity index (χ0v) is 16.1. The van der Waals surface area contributed by atoms with Crippen LogP contribution in [0.3, 0.4) is 0 Å². The molecule has 0 spiro atoms. The molecule has 1 aromatic heterocycles. The molecule has 0 amide bonds. The van der Waals surface area contributed by atoms with E-state index in [1.54, 1.807) is 23.8 Å². The summed E-state index contributed by atoms with van der Waals surface area (Å²) in [5.41, 5.74) is 0.635. The summed E-state index contributed by atoms with van der Waals surface area (Å²) in [6.45, 7) is 3.34. The molecule has 1 atom stereocenters. The van der Waals surface area contributed by atoms with Gasteiger partial charge in [0.15, 0.2) is 14.6 Å². The lowest BCUT2D eigenvalue weighted by atomic mass is 10.1. The van der Waals surface area contributed by atoms with Crippen molar-refractivity contribution in [2.45, 2.75) is 31.6 Å². The van der Waals surface area contributed by atoms with Crippen LogP contribution in [0.5, 0.6) is 0 Å². The van der Waals surface area contributed by atoms with Gasteiger partial charge in [0.2, 0.25) is 0 Å². The summed E-state index contributed by atoms with van der Waals surface area (Å²) in [7, 11) is -3.68. The van der Waals surface area contributed by atoms with Crippen LogP contribution >= 0.6 is 15.9 Å². The smallest absolute Gasteiger partial charge is 0.327 e. The molecule has 8 heteroatoms. The predicted molar refractivity (Wildman–Crippen MR) is 94.1 cm³/mol. The highest BCUT2D eigenvalue weighted by Gasteiger charge is 2.44. The number of sulfone groups is 1. The van der Waals surface area contributed by atoms with Gasteiger partial charge in [0.25, 0.3) is 0 Å². The fraction of sp³-hybridized carbons (Fsp3) is 0.438. The van der Waals surface area contributed by atoms with Crippen molar-refractivity contribution in [3.63, 3.8) is 0 Å². The molecule has 0 radical (unpaired) electrons. The molecule has 0 N–H and O–H groups in total. The van der Waals surface area contributed by atoms with Gasteiger partial charge in [0.05, 0.1) is 16.6 Å². The lowest BCUT2D eigenvalue weighted by Gasteiger charge is -2.25. The normalized spacial score (nSPS) is 14.5. The van der Waals surface area contributed by atoms with E-state index in [9.17, 15) is 17.6 Å². The number of ether oxygens (including phenoxy) is 1. The first-order valence-corrected chi connectivity index (χ1v) is 10.1. The Kier molecular flexibility index (Phi) is 5.39. The number of rotatable bonds is 6. The average molecular weight is 420 g/mol. The number of fused-ring (bicyclic) bond motifs is 1. The zero-order valence-electron chi connectivity index (χ0n) is 13.7. The number of carbonyl (C=O) groups excluding carboxylic acids is 1. The fourth-order valence-corrected chi connectivity index (χ4v) is 3.62. The molecule has 2 rings (SSSR count). The van der Waals surface area contributed by atoms with Crippen molar-refractivity contribution >= 4 is 42.6 Å². The van der Waals surface area contributed by atoms with Crippen LogP contribution in [0, 0.1) is 5.82 Å². The average Bonchev–Trinajstić information content (AvgIpc) is 2.86. The summed E-state index contributed by atoms with van der Waals surface area (Å²) in [6, 6.07) is 4.84. The van der Waals surface area contributed by atoms with Crippen LogP contribution < -0.4 is 0 Å². The Morgan fingerprint density at radius 1 is 1.42 bits per heavy atom. The van der Waals surface area contributed by atoms with E-state index in [2.05, 4.69) is 15.9 Å². The van der Waals surface area contributed by atoms with Crippen LogP contribution in [-0.2, 0) is 25.9 Å². The van der Waals surface area contributed by atoms with Gasteiger partial charge in [-0.05, 0) is 54.4 Å². The molecule has 1 heterocycles. The number of hydrogen-bond donors (Lipinski definition) is 0. The van der Waals surface area contributed by atoms with Gasteiger partial charge in [-0.25, -0.2) is 12.8 Å². The number of carbonyl (C=O) groups is 1. The highest BCUT2D eigenvalue weighted by molar-refractivity contribution is 9.10. The maximum atomic E-state index is 13.8. The number of nitrogens with zero attached hydrogens (tertiary/aromatic N) is 1. The second-order valence-corrected chi connectivity index (χ2v) is 9.11. The standard InChI is InChI=1S/C16H19BrFNO4S/c1-4-23-15(20)16(2,24(3,21)22)6-8-19-7-5-11-9-12(17)13(18)10-14(11)19/h5,7,9-10H,4,6,8H2,1-3H3/t16-/m1/s1. The minimum Gasteiger partial charge on any atom is -0.465 e. The van der Waals surface area contributed by atoms with Crippen molar-refractivity contribution in [1.82, 2.24) is 4.57 Å². The van der Waals surface area contributed by atoms with Crippen molar-refractivity contribution in [3.05, 3.63) is 34.7 Å². The van der Waals surface area contributed by atoms with Crippen molar-refractivity contribution in [2.24, 2.45) is 0 Å². The monoisotopic (exact) mass is 419 g/mol. The number of halogens is 2. The van der Waals surface area contributed by atoms with Gasteiger partial charge in [-0.3, -0.25) is 4.79 Å². The first-order chi connectivity index (χ1) is 11.1. The topological polar surface area (TPSA) is 65.4 Å². The van der Waals surface area contributed by atoms with Crippen molar-refractivity contribution < 1.29 is 22.3 Å². The van der Waals surface area contributed by atoms with E-state index in [1.807, 2.05) is 6.07 Å². The van der Waals surface area contributed by atoms with E-state index in [4.69, 9.17) is 4.74 Å². The molecule has 0 unspecified atom stereocenters. The molecule has 0 aliphatic heterocycles. The number of benzene rings is 1. The second-order valence-electron chi connectivity index (χ2n) is 5.81. The molecule has 0 aliphatic rings. The maximum absolute atomic E-state index is 13.8. The van der Waals surface area contributed by atoms with Crippen LogP contribution in [0.4, 0.5) is 4.39 Å². The van der Waals surface area contributed by atoms with Gasteiger partial charge >= 0.3 is 5.97 Å². The Morgan fingerprint density at radius 3 is 2.67 bits per heavy atom. The molecule has 0 saturated carbocycles. The van der Waals surface area contributed by atoms with Crippen molar-refractivity contribution in [1.29, 1.82) is 0 Å². The molecular formula is C16H19BrFNO4S. The second kappa shape index (κ2) is 6.84. The number of aromatic nitrogens is 1. The van der Waals surface area contributed by atoms with Crippen LogP contribution in [0.2, 0.25) is 0 Å². The Labute approximate surface area is 148 Å². The molecular weight excluding hydrogens is 401 g/mol. The summed E-state index contributed by atoms with van der Waals surface area (Å²) >= 11 is 3.13. The van der Waals surface area contributed by atoms with E-state index in [1.165, 1.54) is 13.0 Å². The van der Waals surface area contributed by atoms with Crippen LogP contribution in [0.25, 0.3) is 10.9 Å². The summed E-state index contributed by atoms with van der Waals surface area (Å²) in [4.78, 5) is 12.2. The summed E-state index contributed by atoms with van der Waals surface area (Å²) in [5, 5.41) is 0.820. The first kappa shape index (κ1) is 18.9. The largest absolute Gasteiger partial charge is 0.465 e. The number of esters is 1. The number of aryl methyl sites for hydroxylation is 1. The predicted octanol–water partition coefficient (Wildman–Crippen LogP) is 3.30. The Balaban J connectivity index is 2.33. The van der Waals surface area contributed by atoms with Crippen molar-refractivity contribution in [3.8, 4) is 0 Å². The summed E-state index contributed by atoms with van der Waals surface area (Å²) in [5.74, 6) is -1.17. The minimum atomic E-state index is -3.68. The van der Waals surface area contributed by atoms with Gasteiger partial charge in [-0.1, -0.05) is 0 Å². The molecule has 0 aliphatic carbocycles. The molecule has 24 heavy (non-hydrogen) atoms. The summed E-state index contributed by atoms with van der Waals surface area (Å²) in [6.07, 6.45) is 2.80. The Morgan fingerprint density at radius 2 is 2.08 bits per heavy atom. The zero-order chi connectivity index (χ0) is 18.1. The first-order valence-electron chi connectivity index (χ1n) is 7.41. The highest BCUT2D eigenvalue weighted by Crippen LogP contribution is 2.27. The lowest BCUT2D eigenvalue weighted by molar-refractivity contribution is -0.146. The molecule has 0 fully saturated rings. The Bertz CT molecular complexity index is 878. The van der Waals surface area contributed by atoms with E-state index in [0.717, 1.165) is 11.6 Å². The van der Waals surface area contributed by atoms with Crippen LogP contribution in [0.15, 0.2) is 28.9 Å². The fourth-order valence-electron chi connectivity index (χ4n) is 2.44. The third-order valence-electron chi connectivity index (χ3n) is 4.17. The van der Waals surface area contributed by atoms with Crippen LogP contribution in [0.1, 0.15) is 20.3 Å². The molecule has 5 nitrogen and oxygen atoms in total. The van der Waals surface area contributed by atoms with Crippen molar-refractivity contribution in [2.75, 3.05) is 12.9 Å².